The number of aryl methyl sites for hydroxylation is 2. The van der Waals surface area contributed by atoms with E-state index in [9.17, 15) is 9.59 Å². The molecule has 1 aliphatic carbocycles. The molecule has 0 saturated carbocycles. The Balaban J connectivity index is 1.65. The van der Waals surface area contributed by atoms with E-state index in [4.69, 9.17) is 10.00 Å². The molecule has 0 bridgehead atoms. The third-order valence-electron chi connectivity index (χ3n) is 4.29. The van der Waals surface area contributed by atoms with Gasteiger partial charge < -0.3 is 10.1 Å². The Kier molecular flexibility index (Phi) is 4.80. The van der Waals surface area contributed by atoms with Crippen molar-refractivity contribution < 1.29 is 14.3 Å². The lowest BCUT2D eigenvalue weighted by Crippen LogP contribution is -2.30. The Hall–Kier alpha value is -3.13. The standard InChI is InChI=1S/C20H18N2O3/c1-13(19(23)22-18-8-3-2-5-17(18)12-21)25-20(24)16-10-9-14-6-4-7-15(14)11-16/h2-3,5,8-11,13H,4,6-7H2,1H3,(H,22,23)/t13-/m0/s1. The average molecular weight is 334 g/mol. The van der Waals surface area contributed by atoms with Crippen molar-refractivity contribution in [3.05, 3.63) is 64.7 Å². The molecule has 2 aromatic carbocycles. The van der Waals surface area contributed by atoms with Crippen molar-refractivity contribution in [1.29, 1.82) is 5.26 Å². The minimum atomic E-state index is -0.965. The Bertz CT molecular complexity index is 867. The van der Waals surface area contributed by atoms with Crippen molar-refractivity contribution in [2.75, 3.05) is 5.32 Å². The smallest absolute Gasteiger partial charge is 0.338 e. The summed E-state index contributed by atoms with van der Waals surface area (Å²) in [6, 6.07) is 14.2. The predicted octanol–water partition coefficient (Wildman–Crippen LogP) is 3.23. The van der Waals surface area contributed by atoms with E-state index in [2.05, 4.69) is 5.32 Å². The monoisotopic (exact) mass is 334 g/mol. The van der Waals surface area contributed by atoms with Crippen molar-refractivity contribution in [1.82, 2.24) is 0 Å². The highest BCUT2D eigenvalue weighted by molar-refractivity contribution is 5.98. The van der Waals surface area contributed by atoms with Crippen LogP contribution in [0.3, 0.4) is 0 Å². The number of nitrogens with one attached hydrogen (secondary N) is 1. The topological polar surface area (TPSA) is 79.2 Å². The van der Waals surface area contributed by atoms with Gasteiger partial charge in [-0.15, -0.1) is 0 Å². The van der Waals surface area contributed by atoms with Gasteiger partial charge in [-0.05, 0) is 61.6 Å². The second kappa shape index (κ2) is 7.18. The molecule has 0 aliphatic heterocycles. The van der Waals surface area contributed by atoms with Gasteiger partial charge in [0.05, 0.1) is 16.8 Å². The van der Waals surface area contributed by atoms with E-state index in [1.54, 1.807) is 30.3 Å². The molecule has 0 aromatic heterocycles. The number of esters is 1. The highest BCUT2D eigenvalue weighted by Gasteiger charge is 2.21. The van der Waals surface area contributed by atoms with Crippen LogP contribution in [0.1, 0.15) is 40.4 Å². The number of anilines is 1. The van der Waals surface area contributed by atoms with Gasteiger partial charge in [-0.2, -0.15) is 5.26 Å². The highest BCUT2D eigenvalue weighted by Crippen LogP contribution is 2.23. The summed E-state index contributed by atoms with van der Waals surface area (Å²) in [5.74, 6) is -0.997. The summed E-state index contributed by atoms with van der Waals surface area (Å²) in [6.07, 6.45) is 2.15. The summed E-state index contributed by atoms with van der Waals surface area (Å²) in [5, 5.41) is 11.7. The van der Waals surface area contributed by atoms with Crippen molar-refractivity contribution in [2.24, 2.45) is 0 Å². The van der Waals surface area contributed by atoms with Crippen LogP contribution in [0, 0.1) is 11.3 Å². The number of rotatable bonds is 4. The zero-order valence-electron chi connectivity index (χ0n) is 13.9. The maximum atomic E-state index is 12.3. The van der Waals surface area contributed by atoms with E-state index < -0.39 is 18.0 Å². The molecule has 1 amide bonds. The van der Waals surface area contributed by atoms with Gasteiger partial charge in [0, 0.05) is 0 Å². The largest absolute Gasteiger partial charge is 0.449 e. The highest BCUT2D eigenvalue weighted by atomic mass is 16.5. The lowest BCUT2D eigenvalue weighted by Gasteiger charge is -2.14. The molecular formula is C20H18N2O3. The first kappa shape index (κ1) is 16.7. The number of hydrogen-bond donors (Lipinski definition) is 1. The van der Waals surface area contributed by atoms with Gasteiger partial charge >= 0.3 is 5.97 Å². The maximum Gasteiger partial charge on any atom is 0.338 e. The van der Waals surface area contributed by atoms with Gasteiger partial charge in [0.2, 0.25) is 0 Å². The predicted molar refractivity (Wildman–Crippen MR) is 93.1 cm³/mol. The Labute approximate surface area is 146 Å². The minimum absolute atomic E-state index is 0.355. The number of para-hydroxylation sites is 1. The van der Waals surface area contributed by atoms with Gasteiger partial charge in [-0.25, -0.2) is 4.79 Å². The number of nitriles is 1. The van der Waals surface area contributed by atoms with Crippen molar-refractivity contribution in [3.63, 3.8) is 0 Å². The van der Waals surface area contributed by atoms with E-state index in [1.165, 1.54) is 18.1 Å². The minimum Gasteiger partial charge on any atom is -0.449 e. The molecule has 1 atom stereocenters. The number of carbonyl (C=O) groups excluding carboxylic acids is 2. The quantitative estimate of drug-likeness (QED) is 0.871. The first-order valence-corrected chi connectivity index (χ1v) is 8.21. The second-order valence-electron chi connectivity index (χ2n) is 6.03. The molecule has 0 fully saturated rings. The van der Waals surface area contributed by atoms with Gasteiger partial charge in [0.25, 0.3) is 5.91 Å². The average Bonchev–Trinajstić information content (AvgIpc) is 3.09. The molecule has 0 spiro atoms. The molecular weight excluding hydrogens is 316 g/mol. The molecule has 0 radical (unpaired) electrons. The van der Waals surface area contributed by atoms with Crippen LogP contribution in [-0.4, -0.2) is 18.0 Å². The SMILES string of the molecule is C[C@H](OC(=O)c1ccc2c(c1)CCC2)C(=O)Nc1ccccc1C#N. The Morgan fingerprint density at radius 2 is 1.92 bits per heavy atom. The third-order valence-corrected chi connectivity index (χ3v) is 4.29. The summed E-state index contributed by atoms with van der Waals surface area (Å²) in [5.41, 5.74) is 3.66. The van der Waals surface area contributed by atoms with Gasteiger partial charge in [-0.1, -0.05) is 18.2 Å². The number of hydrogen-bond acceptors (Lipinski definition) is 4. The molecule has 5 nitrogen and oxygen atoms in total. The molecule has 3 rings (SSSR count). The first-order chi connectivity index (χ1) is 12.1. The van der Waals surface area contributed by atoms with Crippen LogP contribution >= 0.6 is 0 Å². The number of nitrogens with zero attached hydrogens (tertiary/aromatic N) is 1. The number of fused-ring (bicyclic) bond motifs is 1. The van der Waals surface area contributed by atoms with Crippen LogP contribution < -0.4 is 5.32 Å². The molecule has 1 N–H and O–H groups in total. The summed E-state index contributed by atoms with van der Waals surface area (Å²) in [6.45, 7) is 1.51. The fourth-order valence-electron chi connectivity index (χ4n) is 2.90. The Morgan fingerprint density at radius 3 is 2.72 bits per heavy atom. The molecule has 0 saturated heterocycles. The van der Waals surface area contributed by atoms with Crippen LogP contribution in [0.5, 0.6) is 0 Å². The molecule has 25 heavy (non-hydrogen) atoms. The van der Waals surface area contributed by atoms with E-state index >= 15 is 0 Å². The number of carbonyl (C=O) groups is 2. The van der Waals surface area contributed by atoms with Crippen LogP contribution in [0.25, 0.3) is 0 Å². The zero-order chi connectivity index (χ0) is 17.8. The summed E-state index contributed by atoms with van der Waals surface area (Å²) in [7, 11) is 0. The molecule has 0 heterocycles. The first-order valence-electron chi connectivity index (χ1n) is 8.21. The third kappa shape index (κ3) is 3.69. The van der Waals surface area contributed by atoms with Crippen molar-refractivity contribution >= 4 is 17.6 Å². The molecule has 126 valence electrons. The molecule has 1 aliphatic rings. The summed E-state index contributed by atoms with van der Waals surface area (Å²) >= 11 is 0. The van der Waals surface area contributed by atoms with Crippen LogP contribution in [0.4, 0.5) is 5.69 Å². The fourth-order valence-corrected chi connectivity index (χ4v) is 2.90. The van der Waals surface area contributed by atoms with Crippen molar-refractivity contribution in [3.8, 4) is 6.07 Å². The molecule has 5 heteroatoms. The fraction of sp³-hybridized carbons (Fsp3) is 0.250. The van der Waals surface area contributed by atoms with Gasteiger partial charge in [-0.3, -0.25) is 4.79 Å². The second-order valence-corrected chi connectivity index (χ2v) is 6.03. The normalized spacial score (nSPS) is 13.4. The number of amides is 1. The Morgan fingerprint density at radius 1 is 1.16 bits per heavy atom. The lowest BCUT2D eigenvalue weighted by molar-refractivity contribution is -0.123. The van der Waals surface area contributed by atoms with E-state index in [0.29, 0.717) is 16.8 Å². The van der Waals surface area contributed by atoms with Crippen LogP contribution in [0.15, 0.2) is 42.5 Å². The number of benzene rings is 2. The summed E-state index contributed by atoms with van der Waals surface area (Å²) in [4.78, 5) is 24.5. The van der Waals surface area contributed by atoms with E-state index in [0.717, 1.165) is 19.3 Å². The zero-order valence-corrected chi connectivity index (χ0v) is 13.9. The van der Waals surface area contributed by atoms with E-state index in [-0.39, 0.29) is 0 Å². The lowest BCUT2D eigenvalue weighted by atomic mass is 10.1. The number of ether oxygens (including phenoxy) is 1. The summed E-state index contributed by atoms with van der Waals surface area (Å²) < 4.78 is 5.27. The van der Waals surface area contributed by atoms with Gasteiger partial charge in [0.15, 0.2) is 6.10 Å². The van der Waals surface area contributed by atoms with Crippen molar-refractivity contribution in [2.45, 2.75) is 32.3 Å². The molecule has 2 aromatic rings. The maximum absolute atomic E-state index is 12.3. The molecule has 0 unspecified atom stereocenters. The van der Waals surface area contributed by atoms with E-state index in [1.807, 2.05) is 18.2 Å². The van der Waals surface area contributed by atoms with Crippen LogP contribution in [0.2, 0.25) is 0 Å². The van der Waals surface area contributed by atoms with Gasteiger partial charge in [0.1, 0.15) is 6.07 Å². The van der Waals surface area contributed by atoms with Crippen LogP contribution in [-0.2, 0) is 22.4 Å².